The fourth-order valence-corrected chi connectivity index (χ4v) is 3.66. The van der Waals surface area contributed by atoms with Crippen LogP contribution in [0.4, 0.5) is 0 Å². The molecule has 104 valence electrons. The van der Waals surface area contributed by atoms with Crippen molar-refractivity contribution in [3.05, 3.63) is 17.5 Å². The molecule has 1 amide bonds. The van der Waals surface area contributed by atoms with E-state index in [9.17, 15) is 4.79 Å². The van der Waals surface area contributed by atoms with Crippen LogP contribution in [0.25, 0.3) is 0 Å². The minimum Gasteiger partial charge on any atom is -0.361 e. The van der Waals surface area contributed by atoms with E-state index < -0.39 is 0 Å². The summed E-state index contributed by atoms with van der Waals surface area (Å²) in [4.78, 5) is 14.7. The van der Waals surface area contributed by atoms with Gasteiger partial charge in [-0.05, 0) is 38.5 Å². The molecule has 2 aliphatic rings. The summed E-state index contributed by atoms with van der Waals surface area (Å²) in [6, 6.07) is 2.19. The molecule has 4 nitrogen and oxygen atoms in total. The fourth-order valence-electron chi connectivity index (χ4n) is 3.66. The molecule has 0 spiro atoms. The molecule has 3 rings (SSSR count). The number of rotatable bonds is 1. The molecule has 1 saturated heterocycles. The van der Waals surface area contributed by atoms with Crippen LogP contribution in [0.15, 0.2) is 10.6 Å². The van der Waals surface area contributed by atoms with Gasteiger partial charge in [-0.1, -0.05) is 24.4 Å². The predicted octanol–water partition coefficient (Wildman–Crippen LogP) is 3.17. The van der Waals surface area contributed by atoms with Gasteiger partial charge in [0.2, 0.25) is 0 Å². The lowest BCUT2D eigenvalue weighted by atomic mass is 9.81. The van der Waals surface area contributed by atoms with Crippen LogP contribution in [0.3, 0.4) is 0 Å². The average Bonchev–Trinajstić information content (AvgIpc) is 2.74. The number of likely N-dealkylation sites (tertiary alicyclic amines) is 1. The Morgan fingerprint density at radius 3 is 2.74 bits per heavy atom. The van der Waals surface area contributed by atoms with Crippen molar-refractivity contribution >= 4 is 5.91 Å². The van der Waals surface area contributed by atoms with Gasteiger partial charge in [0.25, 0.3) is 5.91 Å². The molecule has 0 unspecified atom stereocenters. The molecular weight excluding hydrogens is 240 g/mol. The molecule has 1 aromatic rings. The molecule has 2 atom stereocenters. The molecule has 0 bridgehead atoms. The lowest BCUT2D eigenvalue weighted by Gasteiger charge is -2.37. The van der Waals surface area contributed by atoms with Gasteiger partial charge in [0, 0.05) is 18.7 Å². The Kier molecular flexibility index (Phi) is 3.58. The Bertz CT molecular complexity index is 455. The van der Waals surface area contributed by atoms with E-state index in [1.54, 1.807) is 6.07 Å². The second-order valence-corrected chi connectivity index (χ2v) is 5.93. The maximum Gasteiger partial charge on any atom is 0.276 e. The highest BCUT2D eigenvalue weighted by atomic mass is 16.5. The van der Waals surface area contributed by atoms with E-state index in [4.69, 9.17) is 4.52 Å². The first-order valence-corrected chi connectivity index (χ1v) is 7.50. The van der Waals surface area contributed by atoms with Gasteiger partial charge in [0.05, 0.1) is 0 Å². The molecule has 1 aliphatic heterocycles. The summed E-state index contributed by atoms with van der Waals surface area (Å²) >= 11 is 0. The van der Waals surface area contributed by atoms with Crippen LogP contribution in [-0.4, -0.2) is 28.6 Å². The summed E-state index contributed by atoms with van der Waals surface area (Å²) in [7, 11) is 0. The van der Waals surface area contributed by atoms with Gasteiger partial charge in [0.1, 0.15) is 5.76 Å². The molecule has 1 saturated carbocycles. The Morgan fingerprint density at radius 1 is 1.26 bits per heavy atom. The SMILES string of the molecule is Cc1cc(C(=O)N2CCCC[C@H]3CCCC[C@H]32)no1. The van der Waals surface area contributed by atoms with Gasteiger partial charge < -0.3 is 9.42 Å². The number of carbonyl (C=O) groups excluding carboxylic acids is 1. The van der Waals surface area contributed by atoms with Crippen LogP contribution in [0.1, 0.15) is 61.2 Å². The monoisotopic (exact) mass is 262 g/mol. The van der Waals surface area contributed by atoms with Crippen molar-refractivity contribution in [1.82, 2.24) is 10.1 Å². The van der Waals surface area contributed by atoms with Crippen molar-refractivity contribution in [2.24, 2.45) is 5.92 Å². The van der Waals surface area contributed by atoms with Gasteiger partial charge >= 0.3 is 0 Å². The van der Waals surface area contributed by atoms with E-state index in [1.807, 2.05) is 6.92 Å². The number of hydrogen-bond donors (Lipinski definition) is 0. The van der Waals surface area contributed by atoms with Gasteiger partial charge in [-0.15, -0.1) is 0 Å². The number of carbonyl (C=O) groups is 1. The Morgan fingerprint density at radius 2 is 2.00 bits per heavy atom. The maximum absolute atomic E-state index is 12.6. The third-order valence-electron chi connectivity index (χ3n) is 4.60. The lowest BCUT2D eigenvalue weighted by molar-refractivity contribution is 0.0559. The highest BCUT2D eigenvalue weighted by Gasteiger charge is 2.35. The van der Waals surface area contributed by atoms with Crippen molar-refractivity contribution < 1.29 is 9.32 Å². The van der Waals surface area contributed by atoms with Gasteiger partial charge in [-0.3, -0.25) is 4.79 Å². The minimum atomic E-state index is 0.0654. The molecule has 19 heavy (non-hydrogen) atoms. The topological polar surface area (TPSA) is 46.3 Å². The van der Waals surface area contributed by atoms with Crippen LogP contribution in [0.5, 0.6) is 0 Å². The second kappa shape index (κ2) is 5.35. The van der Waals surface area contributed by atoms with Gasteiger partial charge in [-0.2, -0.15) is 0 Å². The smallest absolute Gasteiger partial charge is 0.276 e. The zero-order valence-corrected chi connectivity index (χ0v) is 11.6. The minimum absolute atomic E-state index is 0.0654. The van der Waals surface area contributed by atoms with Crippen molar-refractivity contribution in [2.45, 2.75) is 57.9 Å². The van der Waals surface area contributed by atoms with Crippen LogP contribution in [-0.2, 0) is 0 Å². The van der Waals surface area contributed by atoms with E-state index in [0.717, 1.165) is 19.4 Å². The normalized spacial score (nSPS) is 27.7. The molecule has 2 fully saturated rings. The molecule has 0 N–H and O–H groups in total. The third kappa shape index (κ3) is 2.53. The number of hydrogen-bond acceptors (Lipinski definition) is 3. The number of aryl methyl sites for hydroxylation is 1. The zero-order valence-electron chi connectivity index (χ0n) is 11.6. The molecule has 2 heterocycles. The molecular formula is C15H22N2O2. The summed E-state index contributed by atoms with van der Waals surface area (Å²) in [5.74, 6) is 1.47. The Balaban J connectivity index is 1.82. The standard InChI is InChI=1S/C15H22N2O2/c1-11-10-13(16-19-11)15(18)17-9-5-4-7-12-6-2-3-8-14(12)17/h10,12,14H,2-9H2,1H3/t12-,14-/m1/s1. The fraction of sp³-hybridized carbons (Fsp3) is 0.733. The van der Waals surface area contributed by atoms with E-state index >= 15 is 0 Å². The highest BCUT2D eigenvalue weighted by molar-refractivity contribution is 5.92. The summed E-state index contributed by atoms with van der Waals surface area (Å²) in [6.45, 7) is 2.71. The van der Waals surface area contributed by atoms with E-state index in [1.165, 1.54) is 32.1 Å². The third-order valence-corrected chi connectivity index (χ3v) is 4.60. The highest BCUT2D eigenvalue weighted by Crippen LogP contribution is 2.35. The van der Waals surface area contributed by atoms with Crippen LogP contribution >= 0.6 is 0 Å². The van der Waals surface area contributed by atoms with Crippen molar-refractivity contribution in [3.63, 3.8) is 0 Å². The van der Waals surface area contributed by atoms with Crippen LogP contribution < -0.4 is 0 Å². The van der Waals surface area contributed by atoms with Crippen LogP contribution in [0.2, 0.25) is 0 Å². The largest absolute Gasteiger partial charge is 0.361 e. The second-order valence-electron chi connectivity index (χ2n) is 5.93. The first-order chi connectivity index (χ1) is 9.25. The Hall–Kier alpha value is -1.32. The molecule has 4 heteroatoms. The summed E-state index contributed by atoms with van der Waals surface area (Å²) in [5.41, 5.74) is 0.476. The summed E-state index contributed by atoms with van der Waals surface area (Å²) in [6.07, 6.45) is 8.68. The zero-order chi connectivity index (χ0) is 13.2. The maximum atomic E-state index is 12.6. The number of amides is 1. The summed E-state index contributed by atoms with van der Waals surface area (Å²) in [5, 5.41) is 3.89. The van der Waals surface area contributed by atoms with Crippen molar-refractivity contribution in [2.75, 3.05) is 6.54 Å². The van der Waals surface area contributed by atoms with Gasteiger partial charge in [-0.25, -0.2) is 0 Å². The Labute approximate surface area is 114 Å². The first-order valence-electron chi connectivity index (χ1n) is 7.50. The van der Waals surface area contributed by atoms with E-state index in [0.29, 0.717) is 23.4 Å². The average molecular weight is 262 g/mol. The van der Waals surface area contributed by atoms with E-state index in [2.05, 4.69) is 10.1 Å². The number of aromatic nitrogens is 1. The van der Waals surface area contributed by atoms with E-state index in [-0.39, 0.29) is 5.91 Å². The van der Waals surface area contributed by atoms with Crippen molar-refractivity contribution in [3.8, 4) is 0 Å². The molecule has 0 radical (unpaired) electrons. The summed E-state index contributed by atoms with van der Waals surface area (Å²) < 4.78 is 5.05. The predicted molar refractivity (Wildman–Crippen MR) is 71.9 cm³/mol. The number of fused-ring (bicyclic) bond motifs is 1. The lowest BCUT2D eigenvalue weighted by Crippen LogP contribution is -2.45. The van der Waals surface area contributed by atoms with Gasteiger partial charge in [0.15, 0.2) is 5.69 Å². The first kappa shape index (κ1) is 12.7. The molecule has 1 aromatic heterocycles. The van der Waals surface area contributed by atoms with Crippen LogP contribution in [0, 0.1) is 12.8 Å². The number of nitrogens with zero attached hydrogens (tertiary/aromatic N) is 2. The molecule has 1 aliphatic carbocycles. The molecule has 0 aromatic carbocycles. The van der Waals surface area contributed by atoms with Crippen molar-refractivity contribution in [1.29, 1.82) is 0 Å². The quantitative estimate of drug-likeness (QED) is 0.781.